The van der Waals surface area contributed by atoms with Crippen molar-refractivity contribution in [3.05, 3.63) is 41.2 Å². The van der Waals surface area contributed by atoms with Crippen molar-refractivity contribution in [2.24, 2.45) is 0 Å². The first-order chi connectivity index (χ1) is 9.22. The topological polar surface area (TPSA) is 55.3 Å². The molecule has 1 heterocycles. The lowest BCUT2D eigenvalue weighted by molar-refractivity contribution is 0.385. The normalized spacial score (nSPS) is 14.2. The van der Waals surface area contributed by atoms with Crippen molar-refractivity contribution in [2.75, 3.05) is 17.7 Å². The van der Waals surface area contributed by atoms with Crippen LogP contribution >= 0.6 is 0 Å². The van der Waals surface area contributed by atoms with Crippen LogP contribution in [0.4, 0.5) is 11.5 Å². The second-order valence-corrected chi connectivity index (χ2v) is 5.23. The highest BCUT2D eigenvalue weighted by molar-refractivity contribution is 5.51. The monoisotopic (exact) mass is 257 g/mol. The zero-order valence-corrected chi connectivity index (χ0v) is 11.2. The first-order valence-electron chi connectivity index (χ1n) is 6.76. The van der Waals surface area contributed by atoms with Gasteiger partial charge in [-0.25, -0.2) is 0 Å². The van der Waals surface area contributed by atoms with Gasteiger partial charge in [0.05, 0.1) is 6.54 Å². The highest BCUT2D eigenvalue weighted by atomic mass is 16.5. The van der Waals surface area contributed by atoms with Crippen molar-refractivity contribution in [2.45, 2.75) is 32.2 Å². The molecule has 0 unspecified atom stereocenters. The van der Waals surface area contributed by atoms with Gasteiger partial charge in [0.2, 0.25) is 0 Å². The summed E-state index contributed by atoms with van der Waals surface area (Å²) < 4.78 is 5.15. The molecule has 1 aliphatic carbocycles. The number of hydrogen-bond acceptors (Lipinski definition) is 4. The summed E-state index contributed by atoms with van der Waals surface area (Å²) in [5.41, 5.74) is 9.78. The quantitative estimate of drug-likeness (QED) is 0.918. The van der Waals surface area contributed by atoms with Crippen LogP contribution in [0.15, 0.2) is 28.8 Å². The maximum atomic E-state index is 5.56. The Morgan fingerprint density at radius 2 is 2.00 bits per heavy atom. The minimum absolute atomic E-state index is 0.439. The molecule has 19 heavy (non-hydrogen) atoms. The molecule has 1 aromatic carbocycles. The molecule has 0 bridgehead atoms. The van der Waals surface area contributed by atoms with Gasteiger partial charge in [0, 0.05) is 18.8 Å². The number of nitrogens with two attached hydrogens (primary N) is 1. The maximum Gasteiger partial charge on any atom is 0.167 e. The molecule has 4 heteroatoms. The number of aryl methyl sites for hydroxylation is 2. The van der Waals surface area contributed by atoms with Gasteiger partial charge in [-0.2, -0.15) is 0 Å². The highest BCUT2D eigenvalue weighted by Gasteiger charge is 2.12. The Balaban J connectivity index is 1.77. The minimum Gasteiger partial charge on any atom is -0.381 e. The summed E-state index contributed by atoms with van der Waals surface area (Å²) in [6.07, 6.45) is 5.04. The molecule has 1 aliphatic rings. The molecular weight excluding hydrogens is 238 g/mol. The van der Waals surface area contributed by atoms with Crippen molar-refractivity contribution >= 4 is 11.5 Å². The van der Waals surface area contributed by atoms with E-state index in [-0.39, 0.29) is 0 Å². The van der Waals surface area contributed by atoms with Gasteiger partial charge in [0.15, 0.2) is 11.6 Å². The Labute approximate surface area is 113 Å². The van der Waals surface area contributed by atoms with E-state index in [0.717, 1.165) is 5.76 Å². The SMILES string of the molecule is CN(Cc1cc(N)no1)c1ccc2c(c1)CCCC2. The summed E-state index contributed by atoms with van der Waals surface area (Å²) in [5, 5.41) is 3.71. The molecule has 100 valence electrons. The summed E-state index contributed by atoms with van der Waals surface area (Å²) in [4.78, 5) is 2.16. The van der Waals surface area contributed by atoms with E-state index < -0.39 is 0 Å². The summed E-state index contributed by atoms with van der Waals surface area (Å²) >= 11 is 0. The van der Waals surface area contributed by atoms with E-state index in [1.54, 1.807) is 6.07 Å². The molecule has 2 N–H and O–H groups in total. The Kier molecular flexibility index (Phi) is 3.15. The van der Waals surface area contributed by atoms with Crippen LogP contribution < -0.4 is 10.6 Å². The van der Waals surface area contributed by atoms with E-state index in [4.69, 9.17) is 10.3 Å². The Bertz CT molecular complexity index is 577. The van der Waals surface area contributed by atoms with Crippen LogP contribution in [0.1, 0.15) is 29.7 Å². The lowest BCUT2D eigenvalue weighted by Gasteiger charge is -2.22. The standard InChI is InChI=1S/C15H19N3O/c1-18(10-14-9-15(16)17-19-14)13-7-6-11-4-2-3-5-12(11)8-13/h6-9H,2-5,10H2,1H3,(H2,16,17). The fraction of sp³-hybridized carbons (Fsp3) is 0.400. The second kappa shape index (κ2) is 4.96. The van der Waals surface area contributed by atoms with Crippen molar-refractivity contribution in [1.82, 2.24) is 5.16 Å². The maximum absolute atomic E-state index is 5.56. The first-order valence-corrected chi connectivity index (χ1v) is 6.76. The van der Waals surface area contributed by atoms with E-state index in [1.165, 1.54) is 42.5 Å². The van der Waals surface area contributed by atoms with Gasteiger partial charge in [-0.3, -0.25) is 0 Å². The zero-order valence-electron chi connectivity index (χ0n) is 11.2. The molecule has 4 nitrogen and oxygen atoms in total. The largest absolute Gasteiger partial charge is 0.381 e. The molecular formula is C15H19N3O. The molecule has 0 saturated carbocycles. The van der Waals surface area contributed by atoms with Gasteiger partial charge in [-0.15, -0.1) is 0 Å². The number of fused-ring (bicyclic) bond motifs is 1. The summed E-state index contributed by atoms with van der Waals surface area (Å²) in [5.74, 6) is 1.23. The fourth-order valence-electron chi connectivity index (χ4n) is 2.69. The van der Waals surface area contributed by atoms with E-state index in [2.05, 4.69) is 35.3 Å². The lowest BCUT2D eigenvalue weighted by Crippen LogP contribution is -2.16. The molecule has 0 atom stereocenters. The summed E-state index contributed by atoms with van der Waals surface area (Å²) in [7, 11) is 2.06. The predicted molar refractivity (Wildman–Crippen MR) is 76.1 cm³/mol. The highest BCUT2D eigenvalue weighted by Crippen LogP contribution is 2.26. The number of nitrogen functional groups attached to an aromatic ring is 1. The fourth-order valence-corrected chi connectivity index (χ4v) is 2.69. The van der Waals surface area contributed by atoms with Crippen LogP contribution in [0, 0.1) is 0 Å². The lowest BCUT2D eigenvalue weighted by atomic mass is 9.91. The minimum atomic E-state index is 0.439. The van der Waals surface area contributed by atoms with E-state index >= 15 is 0 Å². The number of aromatic nitrogens is 1. The van der Waals surface area contributed by atoms with Gasteiger partial charge in [0.1, 0.15) is 0 Å². The van der Waals surface area contributed by atoms with Crippen LogP contribution in [-0.4, -0.2) is 12.2 Å². The Hall–Kier alpha value is -1.97. The average Bonchev–Trinajstić information content (AvgIpc) is 2.83. The average molecular weight is 257 g/mol. The molecule has 2 aromatic rings. The van der Waals surface area contributed by atoms with E-state index in [1.807, 2.05) is 0 Å². The first kappa shape index (κ1) is 12.1. The van der Waals surface area contributed by atoms with Crippen LogP contribution in [0.25, 0.3) is 0 Å². The van der Waals surface area contributed by atoms with E-state index in [0.29, 0.717) is 12.4 Å². The predicted octanol–water partition coefficient (Wildman–Crippen LogP) is 2.77. The smallest absolute Gasteiger partial charge is 0.167 e. The summed E-state index contributed by atoms with van der Waals surface area (Å²) in [6, 6.07) is 8.52. The van der Waals surface area contributed by atoms with Gasteiger partial charge in [-0.05, 0) is 48.9 Å². The van der Waals surface area contributed by atoms with Gasteiger partial charge < -0.3 is 15.2 Å². The molecule has 0 fully saturated rings. The number of benzene rings is 1. The van der Waals surface area contributed by atoms with Crippen molar-refractivity contribution in [3.8, 4) is 0 Å². The van der Waals surface area contributed by atoms with Crippen LogP contribution in [0.5, 0.6) is 0 Å². The Morgan fingerprint density at radius 3 is 2.74 bits per heavy atom. The van der Waals surface area contributed by atoms with Crippen molar-refractivity contribution in [1.29, 1.82) is 0 Å². The molecule has 0 saturated heterocycles. The van der Waals surface area contributed by atoms with Crippen molar-refractivity contribution < 1.29 is 4.52 Å². The van der Waals surface area contributed by atoms with Crippen LogP contribution in [-0.2, 0) is 19.4 Å². The number of rotatable bonds is 3. The summed E-state index contributed by atoms with van der Waals surface area (Å²) in [6.45, 7) is 0.684. The third-order valence-corrected chi connectivity index (χ3v) is 3.74. The van der Waals surface area contributed by atoms with Crippen LogP contribution in [0.3, 0.4) is 0 Å². The van der Waals surface area contributed by atoms with Gasteiger partial charge >= 0.3 is 0 Å². The third-order valence-electron chi connectivity index (χ3n) is 3.74. The van der Waals surface area contributed by atoms with Crippen molar-refractivity contribution in [3.63, 3.8) is 0 Å². The third kappa shape index (κ3) is 2.57. The molecule has 0 aliphatic heterocycles. The number of nitrogens with zero attached hydrogens (tertiary/aromatic N) is 2. The Morgan fingerprint density at radius 1 is 1.21 bits per heavy atom. The number of hydrogen-bond donors (Lipinski definition) is 1. The second-order valence-electron chi connectivity index (χ2n) is 5.23. The molecule has 0 spiro atoms. The van der Waals surface area contributed by atoms with Gasteiger partial charge in [0.25, 0.3) is 0 Å². The van der Waals surface area contributed by atoms with Crippen LogP contribution in [0.2, 0.25) is 0 Å². The zero-order chi connectivity index (χ0) is 13.2. The molecule has 0 amide bonds. The molecule has 0 radical (unpaired) electrons. The molecule has 3 rings (SSSR count). The molecule has 1 aromatic heterocycles. The number of anilines is 2. The van der Waals surface area contributed by atoms with Gasteiger partial charge in [-0.1, -0.05) is 11.2 Å². The van der Waals surface area contributed by atoms with E-state index in [9.17, 15) is 0 Å².